The largest absolute Gasteiger partial charge is 0.462 e. The van der Waals surface area contributed by atoms with Crippen LogP contribution in [0, 0.1) is 13.8 Å². The van der Waals surface area contributed by atoms with E-state index in [2.05, 4.69) is 10.3 Å². The fourth-order valence-electron chi connectivity index (χ4n) is 3.24. The fraction of sp³-hybridized carbons (Fsp3) is 0.318. The van der Waals surface area contributed by atoms with E-state index < -0.39 is 30.5 Å². The summed E-state index contributed by atoms with van der Waals surface area (Å²) in [5.74, 6) is -1.11. The molecule has 0 saturated carbocycles. The molecule has 1 aromatic carbocycles. The molecule has 0 unspecified atom stereocenters. The number of aromatic amines is 1. The summed E-state index contributed by atoms with van der Waals surface area (Å²) in [6.07, 6.45) is 0. The summed E-state index contributed by atoms with van der Waals surface area (Å²) in [5.41, 5.74) is 2.07. The van der Waals surface area contributed by atoms with E-state index in [0.29, 0.717) is 22.6 Å². The standard InChI is InChI=1S/C22H24N2O6/c1-5-28-21(26)19-12(2)20(24-14(19)4)22(27)29-11-18(25)23-13(3)17-10-15-8-6-7-9-16(15)30-17/h6-10,13,24H,5,11H2,1-4H3,(H,23,25)/t13-/m1/s1. The molecule has 8 nitrogen and oxygen atoms in total. The van der Waals surface area contributed by atoms with Gasteiger partial charge in [0, 0.05) is 11.1 Å². The second kappa shape index (κ2) is 8.86. The maximum atomic E-state index is 12.4. The predicted molar refractivity (Wildman–Crippen MR) is 109 cm³/mol. The SMILES string of the molecule is CCOC(=O)c1c(C)[nH]c(C(=O)OCC(=O)N[C@H](C)c2cc3ccccc3o2)c1C. The van der Waals surface area contributed by atoms with Gasteiger partial charge in [-0.3, -0.25) is 4.79 Å². The smallest absolute Gasteiger partial charge is 0.355 e. The Hall–Kier alpha value is -3.55. The number of aromatic nitrogens is 1. The molecule has 3 aromatic rings. The van der Waals surface area contributed by atoms with Gasteiger partial charge in [0.05, 0.1) is 18.2 Å². The van der Waals surface area contributed by atoms with Crippen LogP contribution >= 0.6 is 0 Å². The molecule has 2 heterocycles. The molecular formula is C22H24N2O6. The highest BCUT2D eigenvalue weighted by molar-refractivity contribution is 5.99. The predicted octanol–water partition coefficient (Wildman–Crippen LogP) is 3.59. The van der Waals surface area contributed by atoms with Crippen LogP contribution in [0.15, 0.2) is 34.7 Å². The van der Waals surface area contributed by atoms with Crippen molar-refractivity contribution < 1.29 is 28.3 Å². The number of fused-ring (bicyclic) bond motifs is 1. The van der Waals surface area contributed by atoms with E-state index in [4.69, 9.17) is 13.9 Å². The van der Waals surface area contributed by atoms with Crippen LogP contribution in [0.2, 0.25) is 0 Å². The molecule has 0 aliphatic rings. The minimum atomic E-state index is -0.724. The van der Waals surface area contributed by atoms with Gasteiger partial charge in [-0.25, -0.2) is 9.59 Å². The fourth-order valence-corrected chi connectivity index (χ4v) is 3.24. The Bertz CT molecular complexity index is 1060. The number of aryl methyl sites for hydroxylation is 1. The third-order valence-corrected chi connectivity index (χ3v) is 4.70. The number of carbonyl (C=O) groups excluding carboxylic acids is 3. The molecule has 8 heteroatoms. The molecule has 2 N–H and O–H groups in total. The molecule has 0 radical (unpaired) electrons. The van der Waals surface area contributed by atoms with Gasteiger partial charge in [-0.15, -0.1) is 0 Å². The number of benzene rings is 1. The molecule has 0 fully saturated rings. The first-order chi connectivity index (χ1) is 14.3. The third-order valence-electron chi connectivity index (χ3n) is 4.70. The maximum absolute atomic E-state index is 12.4. The number of nitrogens with one attached hydrogen (secondary N) is 2. The van der Waals surface area contributed by atoms with Gasteiger partial charge in [0.1, 0.15) is 17.0 Å². The third kappa shape index (κ3) is 4.37. The van der Waals surface area contributed by atoms with Crippen molar-refractivity contribution in [2.75, 3.05) is 13.2 Å². The first kappa shape index (κ1) is 21.2. The van der Waals surface area contributed by atoms with Crippen LogP contribution < -0.4 is 5.32 Å². The Kier molecular flexibility index (Phi) is 6.25. The van der Waals surface area contributed by atoms with Crippen LogP contribution in [0.3, 0.4) is 0 Å². The zero-order valence-corrected chi connectivity index (χ0v) is 17.3. The van der Waals surface area contributed by atoms with Gasteiger partial charge in [-0.1, -0.05) is 18.2 Å². The minimum absolute atomic E-state index is 0.119. The van der Waals surface area contributed by atoms with E-state index in [1.807, 2.05) is 30.3 Å². The van der Waals surface area contributed by atoms with Gasteiger partial charge in [-0.05, 0) is 45.4 Å². The lowest BCUT2D eigenvalue weighted by molar-refractivity contribution is -0.125. The highest BCUT2D eigenvalue weighted by atomic mass is 16.5. The van der Waals surface area contributed by atoms with Gasteiger partial charge in [0.25, 0.3) is 5.91 Å². The van der Waals surface area contributed by atoms with Crippen LogP contribution in [-0.2, 0) is 14.3 Å². The molecule has 1 atom stereocenters. The number of rotatable bonds is 7. The van der Waals surface area contributed by atoms with Crippen molar-refractivity contribution in [3.05, 3.63) is 58.6 Å². The summed E-state index contributed by atoms with van der Waals surface area (Å²) >= 11 is 0. The van der Waals surface area contributed by atoms with Crippen molar-refractivity contribution in [2.24, 2.45) is 0 Å². The molecule has 2 aromatic heterocycles. The van der Waals surface area contributed by atoms with Crippen LogP contribution in [0.5, 0.6) is 0 Å². The van der Waals surface area contributed by atoms with E-state index in [1.54, 1.807) is 27.7 Å². The summed E-state index contributed by atoms with van der Waals surface area (Å²) in [6.45, 7) is 6.53. The van der Waals surface area contributed by atoms with Gasteiger partial charge in [0.2, 0.25) is 0 Å². The highest BCUT2D eigenvalue weighted by Gasteiger charge is 2.24. The van der Waals surface area contributed by atoms with E-state index in [1.165, 1.54) is 0 Å². The lowest BCUT2D eigenvalue weighted by Gasteiger charge is -2.11. The van der Waals surface area contributed by atoms with Gasteiger partial charge < -0.3 is 24.2 Å². The number of esters is 2. The number of carbonyl (C=O) groups is 3. The number of amides is 1. The topological polar surface area (TPSA) is 111 Å². The maximum Gasteiger partial charge on any atom is 0.355 e. The number of furan rings is 1. The van der Waals surface area contributed by atoms with Crippen molar-refractivity contribution in [2.45, 2.75) is 33.7 Å². The minimum Gasteiger partial charge on any atom is -0.462 e. The van der Waals surface area contributed by atoms with E-state index in [-0.39, 0.29) is 12.3 Å². The molecule has 0 bridgehead atoms. The van der Waals surface area contributed by atoms with Gasteiger partial charge >= 0.3 is 11.9 Å². The molecule has 0 aliphatic carbocycles. The number of hydrogen-bond donors (Lipinski definition) is 2. The summed E-state index contributed by atoms with van der Waals surface area (Å²) < 4.78 is 15.8. The first-order valence-corrected chi connectivity index (χ1v) is 9.63. The average molecular weight is 412 g/mol. The molecule has 30 heavy (non-hydrogen) atoms. The van der Waals surface area contributed by atoms with Crippen molar-refractivity contribution in [3.8, 4) is 0 Å². The zero-order valence-electron chi connectivity index (χ0n) is 17.3. The summed E-state index contributed by atoms with van der Waals surface area (Å²) in [6, 6.07) is 9.00. The van der Waals surface area contributed by atoms with Gasteiger partial charge in [0.15, 0.2) is 6.61 Å². The number of para-hydroxylation sites is 1. The van der Waals surface area contributed by atoms with Crippen LogP contribution in [0.1, 0.15) is 57.8 Å². The molecule has 0 aliphatic heterocycles. The van der Waals surface area contributed by atoms with E-state index >= 15 is 0 Å². The Balaban J connectivity index is 1.60. The monoisotopic (exact) mass is 412 g/mol. The summed E-state index contributed by atoms with van der Waals surface area (Å²) in [7, 11) is 0. The Morgan fingerprint density at radius 1 is 1.13 bits per heavy atom. The molecule has 0 spiro atoms. The molecule has 3 rings (SSSR count). The van der Waals surface area contributed by atoms with Crippen molar-refractivity contribution in [1.29, 1.82) is 0 Å². The second-order valence-electron chi connectivity index (χ2n) is 6.90. The van der Waals surface area contributed by atoms with Gasteiger partial charge in [-0.2, -0.15) is 0 Å². The lowest BCUT2D eigenvalue weighted by atomic mass is 10.1. The molecule has 1 amide bonds. The molecule has 158 valence electrons. The lowest BCUT2D eigenvalue weighted by Crippen LogP contribution is -2.31. The van der Waals surface area contributed by atoms with Crippen molar-refractivity contribution in [3.63, 3.8) is 0 Å². The van der Waals surface area contributed by atoms with Crippen molar-refractivity contribution in [1.82, 2.24) is 10.3 Å². The van der Waals surface area contributed by atoms with Crippen LogP contribution in [0.25, 0.3) is 11.0 Å². The van der Waals surface area contributed by atoms with Crippen molar-refractivity contribution >= 4 is 28.8 Å². The van der Waals surface area contributed by atoms with Crippen LogP contribution in [0.4, 0.5) is 0 Å². The first-order valence-electron chi connectivity index (χ1n) is 9.63. The number of H-pyrrole nitrogens is 1. The Labute approximate surface area is 173 Å². The highest BCUT2D eigenvalue weighted by Crippen LogP contribution is 2.23. The zero-order chi connectivity index (χ0) is 21.8. The number of ether oxygens (including phenoxy) is 2. The van der Waals surface area contributed by atoms with E-state index in [0.717, 1.165) is 11.0 Å². The second-order valence-corrected chi connectivity index (χ2v) is 6.90. The summed E-state index contributed by atoms with van der Waals surface area (Å²) in [4.78, 5) is 39.5. The van der Waals surface area contributed by atoms with E-state index in [9.17, 15) is 14.4 Å². The van der Waals surface area contributed by atoms with Crippen LogP contribution in [-0.4, -0.2) is 36.0 Å². The quantitative estimate of drug-likeness (QED) is 0.574. The Morgan fingerprint density at radius 2 is 1.87 bits per heavy atom. The average Bonchev–Trinajstić information content (AvgIpc) is 3.27. The Morgan fingerprint density at radius 3 is 2.57 bits per heavy atom. The molecular weight excluding hydrogens is 388 g/mol. The normalized spacial score (nSPS) is 11.9. The number of hydrogen-bond acceptors (Lipinski definition) is 6. The summed E-state index contributed by atoms with van der Waals surface area (Å²) in [5, 5.41) is 3.68. The molecule has 0 saturated heterocycles.